The number of unbranched alkanes of at least 4 members (excludes halogenated alkanes) is 9. The van der Waals surface area contributed by atoms with Crippen molar-refractivity contribution in [1.82, 2.24) is 0 Å². The highest BCUT2D eigenvalue weighted by Crippen LogP contribution is 2.46. The average molecular weight is 1880 g/mol. The van der Waals surface area contributed by atoms with Crippen molar-refractivity contribution in [3.05, 3.63) is 489 Å². The maximum Gasteiger partial charge on any atom is 0.0464 e. The molecule has 0 saturated carbocycles. The smallest absolute Gasteiger partial charge is 0.0464 e. The maximum absolute atomic E-state index is 2.61. The van der Waals surface area contributed by atoms with E-state index in [4.69, 9.17) is 0 Å². The zero-order valence-electron chi connectivity index (χ0n) is 87.6. The Labute approximate surface area is 862 Å². The van der Waals surface area contributed by atoms with Gasteiger partial charge in [-0.3, -0.25) is 0 Å². The molecule has 0 saturated heterocycles. The Balaban J connectivity index is 0.000000210. The van der Waals surface area contributed by atoms with E-state index in [1.54, 1.807) is 5.56 Å². The Morgan fingerprint density at radius 1 is 0.160 bits per heavy atom. The van der Waals surface area contributed by atoms with Crippen LogP contribution in [0.5, 0.6) is 0 Å². The Kier molecular flexibility index (Phi) is 34.7. The zero-order valence-corrected chi connectivity index (χ0v) is 87.6. The van der Waals surface area contributed by atoms with E-state index in [1.165, 1.54) is 285 Å². The molecule has 724 valence electrons. The molecule has 0 fully saturated rings. The number of fused-ring (bicyclic) bond motifs is 1. The summed E-state index contributed by atoms with van der Waals surface area (Å²) in [7, 11) is 0. The van der Waals surface area contributed by atoms with Gasteiger partial charge in [-0.25, -0.2) is 0 Å². The van der Waals surface area contributed by atoms with E-state index in [0.717, 1.165) is 85.5 Å². The van der Waals surface area contributed by atoms with E-state index in [9.17, 15) is 0 Å². The van der Waals surface area contributed by atoms with Crippen molar-refractivity contribution in [2.45, 2.75) is 224 Å². The van der Waals surface area contributed by atoms with Gasteiger partial charge >= 0.3 is 0 Å². The van der Waals surface area contributed by atoms with Crippen LogP contribution in [-0.4, -0.2) is 0 Å². The minimum Gasteiger partial charge on any atom is -0.310 e. The van der Waals surface area contributed by atoms with Crippen LogP contribution in [0.3, 0.4) is 0 Å². The molecule has 18 aromatic carbocycles. The van der Waals surface area contributed by atoms with E-state index in [1.807, 2.05) is 0 Å². The summed E-state index contributed by atoms with van der Waals surface area (Å²) in [6.45, 7) is 26.6. The van der Waals surface area contributed by atoms with E-state index < -0.39 is 0 Å². The van der Waals surface area contributed by atoms with Crippen LogP contribution in [0.15, 0.2) is 400 Å². The first-order valence-electron chi connectivity index (χ1n) is 53.8. The molecular weight excluding hydrogens is 1730 g/mol. The van der Waals surface area contributed by atoms with Gasteiger partial charge in [-0.1, -0.05) is 435 Å². The normalized spacial score (nSPS) is 11.4. The van der Waals surface area contributed by atoms with Crippen LogP contribution in [0.1, 0.15) is 207 Å². The lowest BCUT2D eigenvalue weighted by Crippen LogP contribution is -2.10. The first-order valence-corrected chi connectivity index (χ1v) is 53.8. The Hall–Kier alpha value is -14.4. The van der Waals surface area contributed by atoms with Crippen molar-refractivity contribution in [1.29, 1.82) is 0 Å². The molecule has 18 aromatic rings. The second-order valence-electron chi connectivity index (χ2n) is 40.7. The number of anilines is 6. The van der Waals surface area contributed by atoms with E-state index in [-0.39, 0.29) is 0 Å². The van der Waals surface area contributed by atoms with Gasteiger partial charge in [0.15, 0.2) is 0 Å². The Morgan fingerprint density at radius 2 is 0.389 bits per heavy atom. The first-order chi connectivity index (χ1) is 70.4. The largest absolute Gasteiger partial charge is 0.310 e. The van der Waals surface area contributed by atoms with Gasteiger partial charge in [0, 0.05) is 34.1 Å². The summed E-state index contributed by atoms with van der Waals surface area (Å²) < 4.78 is 0. The summed E-state index contributed by atoms with van der Waals surface area (Å²) in [6, 6.07) is 151. The molecule has 1 aliphatic rings. The van der Waals surface area contributed by atoms with Crippen molar-refractivity contribution >= 4 is 34.1 Å². The standard InChI is InChI=1S/C88H92N2.C27H24.C27H30/c1-9-13-15-17-21-77-61-88(86-58-56-84(60-66(86)8)90(80-49-41-74(42-50-80)70-33-25-64(6)26-34-70)82-53-45-76(46-54-82)72-37-29-68(20-12-4)30-38-72)78(22-18-16-14-10-2)62-87(77)85-57-55-83(59-65(85)7)89(79-47-39-73(40-48-79)69-31-23-63(5)24-32-69)81-51-43-75(44-52-81)71-35-27-67(19-11-3)28-36-71;1-19-4-10-22(11-5-19)25-16-26(23-12-6-20(2)7-13-23)18-27(17-25)24-14-8-21(3)9-15-24;1-21-8-10-22(11-9-21)6-4-2-3-5-7-23-12-14-24(15-13-23)26-18-16-25-17-19-27(25)20-26/h23-62H,9-22H2,1-8H3;4-18H,1-3H3;8-16,18,20H,2-7,17,19H2,1H3. The lowest BCUT2D eigenvalue weighted by Gasteiger charge is -2.28. The van der Waals surface area contributed by atoms with Crippen LogP contribution in [-0.2, 0) is 51.4 Å². The molecule has 0 bridgehead atoms. The highest BCUT2D eigenvalue weighted by atomic mass is 15.1. The lowest BCUT2D eigenvalue weighted by molar-refractivity contribution is 0.640. The number of aryl methyl sites for hydroxylation is 16. The van der Waals surface area contributed by atoms with Gasteiger partial charge in [0.05, 0.1) is 0 Å². The third kappa shape index (κ3) is 26.3. The summed E-state index contributed by atoms with van der Waals surface area (Å²) in [4.78, 5) is 4.88. The molecule has 0 radical (unpaired) electrons. The van der Waals surface area contributed by atoms with Crippen LogP contribution in [0.2, 0.25) is 0 Å². The predicted octanol–water partition coefficient (Wildman–Crippen LogP) is 40.7. The molecule has 0 amide bonds. The molecule has 19 rings (SSSR count). The van der Waals surface area contributed by atoms with Gasteiger partial charge in [-0.15, -0.1) is 0 Å². The fourth-order valence-corrected chi connectivity index (χ4v) is 20.5. The van der Waals surface area contributed by atoms with Crippen molar-refractivity contribution in [3.8, 4) is 111 Å². The molecule has 1 aliphatic carbocycles. The number of nitrogens with zero attached hydrogens (tertiary/aromatic N) is 2. The van der Waals surface area contributed by atoms with E-state index in [2.05, 4.69) is 493 Å². The number of hydrogen-bond acceptors (Lipinski definition) is 2. The number of rotatable bonds is 37. The maximum atomic E-state index is 2.61. The quantitative estimate of drug-likeness (QED) is 0.0358. The Morgan fingerprint density at radius 3 is 0.660 bits per heavy atom. The van der Waals surface area contributed by atoms with Gasteiger partial charge in [0.25, 0.3) is 0 Å². The minimum atomic E-state index is 1.04. The second kappa shape index (κ2) is 49.5. The highest BCUT2D eigenvalue weighted by Gasteiger charge is 2.24. The summed E-state index contributed by atoms with van der Waals surface area (Å²) in [5.41, 5.74) is 54.3. The van der Waals surface area contributed by atoms with Crippen LogP contribution in [0.4, 0.5) is 34.1 Å². The van der Waals surface area contributed by atoms with Gasteiger partial charge in [0.2, 0.25) is 0 Å². The molecule has 144 heavy (non-hydrogen) atoms. The van der Waals surface area contributed by atoms with Crippen LogP contribution in [0.25, 0.3) is 111 Å². The predicted molar refractivity (Wildman–Crippen MR) is 624 cm³/mol. The van der Waals surface area contributed by atoms with Gasteiger partial charge in [0.1, 0.15) is 0 Å². The monoisotopic (exact) mass is 1880 g/mol. The fourth-order valence-electron chi connectivity index (χ4n) is 20.5. The van der Waals surface area contributed by atoms with Gasteiger partial charge in [-0.2, -0.15) is 0 Å². The van der Waals surface area contributed by atoms with Crippen LogP contribution < -0.4 is 9.80 Å². The summed E-state index contributed by atoms with van der Waals surface area (Å²) in [5.74, 6) is 0. The summed E-state index contributed by atoms with van der Waals surface area (Å²) >= 11 is 0. The SMILES string of the molecule is CCCCCCc1cc(-c2ccc(N(c3ccc(-c4ccc(C)cc4)cc3)c3ccc(-c4ccc(CCC)cc4)cc3)cc2C)c(CCCCCC)cc1-c1ccc(N(c2ccc(-c3ccc(C)cc3)cc2)c2ccc(-c3ccc(CCC)cc3)cc2)cc1C.Cc1ccc(-c2cc(-c3ccc(C)cc3)cc(-c3ccc(C)cc3)c2)cc1.Cc1ccc(CCCCCCc2ccc(-c3ccc4c(c3)CC4)cc2)cc1. The van der Waals surface area contributed by atoms with Crippen molar-refractivity contribution < 1.29 is 0 Å². The van der Waals surface area contributed by atoms with Gasteiger partial charge < -0.3 is 9.80 Å². The first kappa shape index (κ1) is 101. The van der Waals surface area contributed by atoms with E-state index >= 15 is 0 Å². The topological polar surface area (TPSA) is 6.48 Å². The molecule has 0 heterocycles. The molecule has 0 N–H and O–H groups in total. The highest BCUT2D eigenvalue weighted by molar-refractivity contribution is 5.88. The molecule has 0 spiro atoms. The van der Waals surface area contributed by atoms with Crippen LogP contribution >= 0.6 is 0 Å². The molecule has 0 aromatic heterocycles. The van der Waals surface area contributed by atoms with Crippen molar-refractivity contribution in [3.63, 3.8) is 0 Å². The van der Waals surface area contributed by atoms with Crippen LogP contribution in [0, 0.1) is 55.4 Å². The lowest BCUT2D eigenvalue weighted by atomic mass is 9.84. The molecule has 2 nitrogen and oxygen atoms in total. The Bertz CT molecular complexity index is 6740. The average Bonchev–Trinajstić information content (AvgIpc) is 0.761. The fraction of sp³-hybridized carbons (Fsp3) is 0.239. The molecule has 0 unspecified atom stereocenters. The zero-order chi connectivity index (χ0) is 99.6. The number of hydrogen-bond donors (Lipinski definition) is 0. The summed E-state index contributed by atoms with van der Waals surface area (Å²) in [6.07, 6.45) is 26.5. The molecule has 0 atom stereocenters. The van der Waals surface area contributed by atoms with Gasteiger partial charge in [-0.05, 0) is 390 Å². The third-order valence-electron chi connectivity index (χ3n) is 29.4. The second-order valence-corrected chi connectivity index (χ2v) is 40.7. The van der Waals surface area contributed by atoms with E-state index in [0.29, 0.717) is 0 Å². The van der Waals surface area contributed by atoms with Crippen molar-refractivity contribution in [2.24, 2.45) is 0 Å². The van der Waals surface area contributed by atoms with Crippen molar-refractivity contribution in [2.75, 3.05) is 9.80 Å². The molecule has 0 aliphatic heterocycles. The number of benzene rings is 18. The minimum absolute atomic E-state index is 1.04. The molecular formula is C142H146N2. The summed E-state index contributed by atoms with van der Waals surface area (Å²) in [5, 5.41) is 0. The molecule has 2 heteroatoms. The third-order valence-corrected chi connectivity index (χ3v) is 29.4.